The molecule has 0 radical (unpaired) electrons. The summed E-state index contributed by atoms with van der Waals surface area (Å²) in [6.45, 7) is 1.34. The molecule has 0 spiro atoms. The van der Waals surface area contributed by atoms with Crippen molar-refractivity contribution >= 4 is 22.9 Å². The lowest BCUT2D eigenvalue weighted by atomic mass is 9.96. The zero-order chi connectivity index (χ0) is 26.2. The molecule has 0 saturated carbocycles. The molecule has 1 saturated heterocycles. The van der Waals surface area contributed by atoms with Gasteiger partial charge in [0.2, 0.25) is 0 Å². The Hall–Kier alpha value is -4.28. The third-order valence-electron chi connectivity index (χ3n) is 7.33. The largest absolute Gasteiger partial charge is 0.493 e. The van der Waals surface area contributed by atoms with E-state index in [1.165, 1.54) is 24.5 Å². The lowest BCUT2D eigenvalue weighted by Crippen LogP contribution is -2.34. The lowest BCUT2D eigenvalue weighted by Gasteiger charge is -2.27. The van der Waals surface area contributed by atoms with Crippen LogP contribution < -0.4 is 10.2 Å². The highest BCUT2D eigenvalue weighted by Crippen LogP contribution is 2.43. The highest BCUT2D eigenvalue weighted by atomic mass is 19.1. The molecule has 1 fully saturated rings. The Bertz CT molecular complexity index is 1460. The van der Waals surface area contributed by atoms with Gasteiger partial charge in [0.1, 0.15) is 41.6 Å². The van der Waals surface area contributed by atoms with Crippen molar-refractivity contribution in [2.24, 2.45) is 5.92 Å². The number of anilines is 1. The van der Waals surface area contributed by atoms with Gasteiger partial charge in [0.15, 0.2) is 11.5 Å². The van der Waals surface area contributed by atoms with E-state index in [1.807, 2.05) is 0 Å². The number of nitrogens with one attached hydrogen (secondary N) is 2. The number of nitrogens with zero attached hydrogens (tertiary/aromatic N) is 5. The molecule has 2 N–H and O–H groups in total. The molecule has 2 aromatic heterocycles. The van der Waals surface area contributed by atoms with Gasteiger partial charge in [0.05, 0.1) is 18.3 Å². The number of imidazole rings is 1. The van der Waals surface area contributed by atoms with Crippen LogP contribution in [0.1, 0.15) is 24.8 Å². The minimum Gasteiger partial charge on any atom is -0.493 e. The summed E-state index contributed by atoms with van der Waals surface area (Å²) in [5, 5.41) is 2.90. The summed E-state index contributed by atoms with van der Waals surface area (Å²) in [6.07, 6.45) is 8.21. The fraction of sp³-hybridized carbons (Fsp3) is 0.333. The lowest BCUT2D eigenvalue weighted by molar-refractivity contribution is -0.119. The first kappa shape index (κ1) is 24.1. The highest BCUT2D eigenvalue weighted by Gasteiger charge is 2.41. The van der Waals surface area contributed by atoms with Crippen molar-refractivity contribution in [2.75, 3.05) is 25.1 Å². The van der Waals surface area contributed by atoms with E-state index in [-0.39, 0.29) is 42.5 Å². The van der Waals surface area contributed by atoms with Crippen molar-refractivity contribution in [1.82, 2.24) is 30.2 Å². The van der Waals surface area contributed by atoms with Crippen LogP contribution in [0.3, 0.4) is 0 Å². The molecular formula is C27H27F2N7O2. The van der Waals surface area contributed by atoms with Crippen LogP contribution in [0.25, 0.3) is 11.2 Å². The van der Waals surface area contributed by atoms with Gasteiger partial charge in [-0.05, 0) is 42.7 Å². The first-order valence-corrected chi connectivity index (χ1v) is 12.6. The summed E-state index contributed by atoms with van der Waals surface area (Å²) >= 11 is 0. The number of rotatable bonds is 7. The molecule has 2 atom stereocenters. The Balaban J connectivity index is 1.24. The summed E-state index contributed by atoms with van der Waals surface area (Å²) in [7, 11) is 1.79. The van der Waals surface area contributed by atoms with Crippen LogP contribution in [0, 0.1) is 11.7 Å². The molecule has 2 aliphatic heterocycles. The van der Waals surface area contributed by atoms with Gasteiger partial charge in [-0.25, -0.2) is 23.7 Å². The first-order valence-electron chi connectivity index (χ1n) is 12.6. The molecule has 4 heterocycles. The van der Waals surface area contributed by atoms with Crippen molar-refractivity contribution < 1.29 is 18.3 Å². The van der Waals surface area contributed by atoms with Crippen LogP contribution in [-0.4, -0.2) is 57.0 Å². The van der Waals surface area contributed by atoms with E-state index in [4.69, 9.17) is 4.74 Å². The molecule has 6 rings (SSSR count). The van der Waals surface area contributed by atoms with Crippen molar-refractivity contribution in [1.29, 1.82) is 0 Å². The van der Waals surface area contributed by atoms with E-state index in [0.717, 1.165) is 42.0 Å². The molecule has 1 amide bonds. The Labute approximate surface area is 217 Å². The summed E-state index contributed by atoms with van der Waals surface area (Å²) in [6, 6.07) is 5.97. The smallest absolute Gasteiger partial charge is 0.271 e. The number of fused-ring (bicyclic) bond motifs is 2. The molecule has 1 aromatic carbocycles. The van der Waals surface area contributed by atoms with Gasteiger partial charge >= 0.3 is 0 Å². The minimum absolute atomic E-state index is 0.00902. The monoisotopic (exact) mass is 519 g/mol. The number of aromatic nitrogens is 4. The molecule has 11 heteroatoms. The summed E-state index contributed by atoms with van der Waals surface area (Å²) in [5.41, 5.74) is 3.30. The minimum atomic E-state index is -0.384. The van der Waals surface area contributed by atoms with Crippen LogP contribution in [0.15, 0.2) is 72.1 Å². The number of hydrogen-bond donors (Lipinski definition) is 2. The molecule has 3 aliphatic rings. The quantitative estimate of drug-likeness (QED) is 0.491. The molecule has 1 unspecified atom stereocenters. The standard InChI is InChI=1S/C27H27F2N7O2/c1-35-21-9-8-18(29)11-20(21)24(23(35)27(37)30-12-16-4-6-17(28)7-5-16)38-13-19-3-2-10-36(19)26-22-25(32-14-31-22)33-15-34-26/h4-9,14-15,19-20H,2-3,10-13H2,1H3,(H,30,37)(H,31,32,33,34)/t19-,20?/m1/s1. The molecular weight excluding hydrogens is 492 g/mol. The number of hydrogen-bond acceptors (Lipinski definition) is 7. The number of carbonyl (C=O) groups excluding carboxylic acids is 1. The van der Waals surface area contributed by atoms with Gasteiger partial charge in [-0.2, -0.15) is 0 Å². The number of likely N-dealkylation sites (N-methyl/N-ethyl adjacent to an activating group) is 1. The average Bonchev–Trinajstić information content (AvgIpc) is 3.65. The van der Waals surface area contributed by atoms with Gasteiger partial charge in [-0.3, -0.25) is 4.79 Å². The maximum Gasteiger partial charge on any atom is 0.271 e. The Morgan fingerprint density at radius 3 is 2.87 bits per heavy atom. The zero-order valence-electron chi connectivity index (χ0n) is 20.8. The Morgan fingerprint density at radius 2 is 2.03 bits per heavy atom. The summed E-state index contributed by atoms with van der Waals surface area (Å²) in [5.74, 6) is -0.0898. The van der Waals surface area contributed by atoms with Gasteiger partial charge in [0.25, 0.3) is 5.91 Å². The fourth-order valence-electron chi connectivity index (χ4n) is 5.44. The second-order valence-electron chi connectivity index (χ2n) is 9.64. The number of carbonyl (C=O) groups is 1. The average molecular weight is 520 g/mol. The second-order valence-corrected chi connectivity index (χ2v) is 9.64. The second kappa shape index (κ2) is 9.88. The summed E-state index contributed by atoms with van der Waals surface area (Å²) < 4.78 is 34.0. The SMILES string of the molecule is CN1C2=CC=C(F)CC2C(OC[C@H]2CCCN2c2ncnc3nc[nH]c23)=C1C(=O)NCc1ccc(F)cc1. The number of benzene rings is 1. The molecule has 38 heavy (non-hydrogen) atoms. The van der Waals surface area contributed by atoms with Crippen LogP contribution in [-0.2, 0) is 16.1 Å². The highest BCUT2D eigenvalue weighted by molar-refractivity contribution is 5.94. The molecule has 9 nitrogen and oxygen atoms in total. The number of ether oxygens (including phenoxy) is 1. The molecule has 3 aromatic rings. The Kier molecular flexibility index (Phi) is 6.26. The summed E-state index contributed by atoms with van der Waals surface area (Å²) in [4.78, 5) is 33.4. The van der Waals surface area contributed by atoms with Crippen molar-refractivity contribution in [2.45, 2.75) is 31.8 Å². The third kappa shape index (κ3) is 4.37. The number of H-pyrrole nitrogens is 1. The van der Waals surface area contributed by atoms with E-state index >= 15 is 0 Å². The maximum absolute atomic E-state index is 14.4. The molecule has 1 aliphatic carbocycles. The van der Waals surface area contributed by atoms with Crippen LogP contribution in [0.5, 0.6) is 0 Å². The van der Waals surface area contributed by atoms with E-state index in [1.54, 1.807) is 36.5 Å². The normalized spacial score (nSPS) is 21.0. The van der Waals surface area contributed by atoms with Gasteiger partial charge < -0.3 is 24.8 Å². The number of halogens is 2. The van der Waals surface area contributed by atoms with Crippen LogP contribution in [0.4, 0.5) is 14.6 Å². The van der Waals surface area contributed by atoms with E-state index < -0.39 is 0 Å². The Morgan fingerprint density at radius 1 is 1.18 bits per heavy atom. The zero-order valence-corrected chi connectivity index (χ0v) is 20.8. The first-order chi connectivity index (χ1) is 18.5. The number of amides is 1. The van der Waals surface area contributed by atoms with Gasteiger partial charge in [-0.1, -0.05) is 12.1 Å². The number of allylic oxidation sites excluding steroid dienone is 3. The predicted molar refractivity (Wildman–Crippen MR) is 136 cm³/mol. The van der Waals surface area contributed by atoms with E-state index in [2.05, 4.69) is 30.2 Å². The topological polar surface area (TPSA) is 99.3 Å². The van der Waals surface area contributed by atoms with E-state index in [0.29, 0.717) is 23.7 Å². The predicted octanol–water partition coefficient (Wildman–Crippen LogP) is 3.71. The third-order valence-corrected chi connectivity index (χ3v) is 7.33. The molecule has 196 valence electrons. The van der Waals surface area contributed by atoms with Gasteiger partial charge in [0, 0.05) is 32.3 Å². The fourth-order valence-corrected chi connectivity index (χ4v) is 5.44. The van der Waals surface area contributed by atoms with Crippen LogP contribution in [0.2, 0.25) is 0 Å². The van der Waals surface area contributed by atoms with Crippen molar-refractivity contribution in [3.8, 4) is 0 Å². The maximum atomic E-state index is 14.4. The van der Waals surface area contributed by atoms with E-state index in [9.17, 15) is 13.6 Å². The van der Waals surface area contributed by atoms with Crippen molar-refractivity contribution in [3.63, 3.8) is 0 Å². The van der Waals surface area contributed by atoms with Crippen molar-refractivity contribution in [3.05, 3.63) is 83.4 Å². The van der Waals surface area contributed by atoms with Gasteiger partial charge in [-0.15, -0.1) is 0 Å². The number of aromatic amines is 1. The van der Waals surface area contributed by atoms with Crippen LogP contribution >= 0.6 is 0 Å². The molecule has 0 bridgehead atoms.